The van der Waals surface area contributed by atoms with Gasteiger partial charge in [-0.1, -0.05) is 18.2 Å². The van der Waals surface area contributed by atoms with Gasteiger partial charge >= 0.3 is 12.2 Å². The van der Waals surface area contributed by atoms with E-state index in [-0.39, 0.29) is 18.3 Å². The van der Waals surface area contributed by atoms with Crippen LogP contribution in [0.25, 0.3) is 0 Å². The average molecular weight is 483 g/mol. The first kappa shape index (κ1) is 24.4. The summed E-state index contributed by atoms with van der Waals surface area (Å²) in [5.74, 6) is 0.597. The monoisotopic (exact) mass is 482 g/mol. The fourth-order valence-electron chi connectivity index (χ4n) is 4.29. The minimum atomic E-state index is -4.49. The molecule has 1 fully saturated rings. The highest BCUT2D eigenvalue weighted by atomic mass is 19.4. The standard InChI is InChI=1S/C26H25F3N4O2/c27-26(28,29)21-6-2-7-22(15-21)31-25(34)33(18-24-8-3-13-35-24)23-9-11-32(12-10-23)17-20-5-1-4-19(14-20)16-30/h1-8,13-15,23H,9-12,17-18H2,(H,31,34). The number of halogens is 3. The van der Waals surface area contributed by atoms with E-state index in [2.05, 4.69) is 16.3 Å². The molecule has 1 saturated heterocycles. The predicted molar refractivity (Wildman–Crippen MR) is 124 cm³/mol. The molecular weight excluding hydrogens is 457 g/mol. The predicted octanol–water partition coefficient (Wildman–Crippen LogP) is 5.87. The van der Waals surface area contributed by atoms with Crippen LogP contribution in [0.1, 0.15) is 35.3 Å². The summed E-state index contributed by atoms with van der Waals surface area (Å²) >= 11 is 0. The van der Waals surface area contributed by atoms with Gasteiger partial charge in [-0.05, 0) is 60.9 Å². The number of urea groups is 1. The Morgan fingerprint density at radius 3 is 2.57 bits per heavy atom. The first-order valence-corrected chi connectivity index (χ1v) is 11.3. The number of likely N-dealkylation sites (tertiary alicyclic amines) is 1. The van der Waals surface area contributed by atoms with Crippen LogP contribution in [-0.4, -0.2) is 35.0 Å². The Bertz CT molecular complexity index is 1180. The van der Waals surface area contributed by atoms with Crippen molar-refractivity contribution in [3.05, 3.63) is 89.4 Å². The van der Waals surface area contributed by atoms with Gasteiger partial charge in [0.2, 0.25) is 0 Å². The average Bonchev–Trinajstić information content (AvgIpc) is 3.36. The summed E-state index contributed by atoms with van der Waals surface area (Å²) in [6, 6.07) is 17.2. The molecule has 1 N–H and O–H groups in total. The first-order valence-electron chi connectivity index (χ1n) is 11.3. The third-order valence-electron chi connectivity index (χ3n) is 6.07. The molecule has 9 heteroatoms. The molecule has 1 aromatic heterocycles. The number of benzene rings is 2. The molecule has 35 heavy (non-hydrogen) atoms. The van der Waals surface area contributed by atoms with Crippen LogP contribution in [0, 0.1) is 11.3 Å². The molecule has 0 spiro atoms. The normalized spacial score (nSPS) is 14.9. The lowest BCUT2D eigenvalue weighted by Gasteiger charge is -2.38. The molecule has 4 rings (SSSR count). The number of hydrogen-bond donors (Lipinski definition) is 1. The topological polar surface area (TPSA) is 72.5 Å². The van der Waals surface area contributed by atoms with Crippen LogP contribution < -0.4 is 5.32 Å². The number of nitrogens with one attached hydrogen (secondary N) is 1. The van der Waals surface area contributed by atoms with Crippen molar-refractivity contribution in [3.63, 3.8) is 0 Å². The SMILES string of the molecule is N#Cc1cccc(CN2CCC(N(Cc3ccco3)C(=O)Nc3cccc(C(F)(F)F)c3)CC2)c1. The Labute approximate surface area is 201 Å². The minimum absolute atomic E-state index is 0.0871. The molecule has 6 nitrogen and oxygen atoms in total. The number of piperidine rings is 1. The zero-order valence-corrected chi connectivity index (χ0v) is 19.0. The number of carbonyl (C=O) groups excluding carboxylic acids is 1. The Morgan fingerprint density at radius 2 is 1.89 bits per heavy atom. The number of carbonyl (C=O) groups is 1. The molecular formula is C26H25F3N4O2. The lowest BCUT2D eigenvalue weighted by molar-refractivity contribution is -0.137. The van der Waals surface area contributed by atoms with Crippen molar-refractivity contribution >= 4 is 11.7 Å². The quantitative estimate of drug-likeness (QED) is 0.477. The van der Waals surface area contributed by atoms with Crippen molar-refractivity contribution in [2.75, 3.05) is 18.4 Å². The molecule has 182 valence electrons. The summed E-state index contributed by atoms with van der Waals surface area (Å²) < 4.78 is 44.7. The summed E-state index contributed by atoms with van der Waals surface area (Å²) in [4.78, 5) is 17.1. The smallest absolute Gasteiger partial charge is 0.416 e. The second kappa shape index (κ2) is 10.7. The van der Waals surface area contributed by atoms with Crippen molar-refractivity contribution in [3.8, 4) is 6.07 Å². The van der Waals surface area contributed by atoms with Crippen LogP contribution >= 0.6 is 0 Å². The lowest BCUT2D eigenvalue weighted by Crippen LogP contribution is -2.48. The van der Waals surface area contributed by atoms with Crippen LogP contribution in [0.15, 0.2) is 71.3 Å². The fourth-order valence-corrected chi connectivity index (χ4v) is 4.29. The van der Waals surface area contributed by atoms with E-state index in [1.54, 1.807) is 23.1 Å². The van der Waals surface area contributed by atoms with Crippen molar-refractivity contribution in [1.82, 2.24) is 9.80 Å². The maximum atomic E-state index is 13.2. The van der Waals surface area contributed by atoms with E-state index in [9.17, 15) is 18.0 Å². The fraction of sp³-hybridized carbons (Fsp3) is 0.308. The highest BCUT2D eigenvalue weighted by Crippen LogP contribution is 2.31. The van der Waals surface area contributed by atoms with Gasteiger partial charge in [-0.2, -0.15) is 18.4 Å². The molecule has 2 amide bonds. The van der Waals surface area contributed by atoms with Crippen LogP contribution in [-0.2, 0) is 19.3 Å². The van der Waals surface area contributed by atoms with E-state index in [0.717, 1.165) is 30.8 Å². The molecule has 2 aromatic carbocycles. The van der Waals surface area contributed by atoms with E-state index >= 15 is 0 Å². The Balaban J connectivity index is 1.43. The van der Waals surface area contributed by atoms with Gasteiger partial charge in [0.05, 0.1) is 30.0 Å². The minimum Gasteiger partial charge on any atom is -0.467 e. The highest BCUT2D eigenvalue weighted by molar-refractivity contribution is 5.89. The Morgan fingerprint density at radius 1 is 1.11 bits per heavy atom. The van der Waals surface area contributed by atoms with Gasteiger partial charge in [-0.25, -0.2) is 4.79 Å². The number of amides is 2. The van der Waals surface area contributed by atoms with Crippen molar-refractivity contribution in [2.45, 2.75) is 38.1 Å². The molecule has 0 aliphatic carbocycles. The van der Waals surface area contributed by atoms with Crippen LogP contribution in [0.2, 0.25) is 0 Å². The van der Waals surface area contributed by atoms with E-state index < -0.39 is 17.8 Å². The van der Waals surface area contributed by atoms with Crippen molar-refractivity contribution in [1.29, 1.82) is 5.26 Å². The molecule has 0 radical (unpaired) electrons. The molecule has 2 heterocycles. The van der Waals surface area contributed by atoms with Crippen LogP contribution in [0.3, 0.4) is 0 Å². The number of nitrogens with zero attached hydrogens (tertiary/aromatic N) is 3. The van der Waals surface area contributed by atoms with Crippen molar-refractivity contribution < 1.29 is 22.4 Å². The summed E-state index contributed by atoms with van der Waals surface area (Å²) in [6.07, 6.45) is -1.56. The van der Waals surface area contributed by atoms with Crippen molar-refractivity contribution in [2.24, 2.45) is 0 Å². The van der Waals surface area contributed by atoms with E-state index in [1.165, 1.54) is 18.4 Å². The second-order valence-corrected chi connectivity index (χ2v) is 8.54. The largest absolute Gasteiger partial charge is 0.467 e. The first-order chi connectivity index (χ1) is 16.8. The lowest BCUT2D eigenvalue weighted by atomic mass is 10.0. The number of anilines is 1. The molecule has 0 atom stereocenters. The molecule has 0 unspecified atom stereocenters. The van der Waals surface area contributed by atoms with Gasteiger partial charge in [-0.15, -0.1) is 0 Å². The van der Waals surface area contributed by atoms with Gasteiger partial charge < -0.3 is 14.6 Å². The number of nitriles is 1. The number of furan rings is 1. The number of hydrogen-bond acceptors (Lipinski definition) is 4. The Hall–Kier alpha value is -3.77. The van der Waals surface area contributed by atoms with Crippen LogP contribution in [0.4, 0.5) is 23.7 Å². The summed E-state index contributed by atoms with van der Waals surface area (Å²) in [7, 11) is 0. The zero-order valence-electron chi connectivity index (χ0n) is 19.0. The maximum absolute atomic E-state index is 13.2. The van der Waals surface area contributed by atoms with Gasteiger partial charge in [0.1, 0.15) is 5.76 Å². The van der Waals surface area contributed by atoms with Gasteiger partial charge in [0.25, 0.3) is 0 Å². The third kappa shape index (κ3) is 6.43. The molecule has 0 saturated carbocycles. The molecule has 0 bridgehead atoms. The van der Waals surface area contributed by atoms with E-state index in [4.69, 9.17) is 9.68 Å². The number of alkyl halides is 3. The summed E-state index contributed by atoms with van der Waals surface area (Å²) in [6.45, 7) is 2.41. The second-order valence-electron chi connectivity index (χ2n) is 8.54. The molecule has 3 aromatic rings. The Kier molecular flexibility index (Phi) is 7.42. The summed E-state index contributed by atoms with van der Waals surface area (Å²) in [5.41, 5.74) is 0.941. The maximum Gasteiger partial charge on any atom is 0.416 e. The van der Waals surface area contributed by atoms with Gasteiger partial charge in [0, 0.05) is 31.4 Å². The van der Waals surface area contributed by atoms with E-state index in [0.29, 0.717) is 30.7 Å². The van der Waals surface area contributed by atoms with Gasteiger partial charge in [-0.3, -0.25) is 4.90 Å². The third-order valence-corrected chi connectivity index (χ3v) is 6.07. The zero-order chi connectivity index (χ0) is 24.8. The van der Waals surface area contributed by atoms with E-state index in [1.807, 2.05) is 18.2 Å². The van der Waals surface area contributed by atoms with Gasteiger partial charge in [0.15, 0.2) is 0 Å². The molecule has 1 aliphatic heterocycles. The summed E-state index contributed by atoms with van der Waals surface area (Å²) in [5, 5.41) is 11.7. The van der Waals surface area contributed by atoms with Crippen LogP contribution in [0.5, 0.6) is 0 Å². The highest BCUT2D eigenvalue weighted by Gasteiger charge is 2.32. The molecule has 1 aliphatic rings. The number of rotatable bonds is 6.